The molecule has 0 aliphatic rings. The number of carbonyl (C=O) groups is 2. The van der Waals surface area contributed by atoms with E-state index in [9.17, 15) is 27.2 Å². The van der Waals surface area contributed by atoms with E-state index in [0.29, 0.717) is 28.9 Å². The molecule has 0 unspecified atom stereocenters. The number of pyridine rings is 1. The number of rotatable bonds is 3. The van der Waals surface area contributed by atoms with Gasteiger partial charge in [0.15, 0.2) is 5.65 Å². The first kappa shape index (κ1) is 22.0. The first-order valence-corrected chi connectivity index (χ1v) is 8.89. The second-order valence-corrected chi connectivity index (χ2v) is 6.93. The maximum absolute atomic E-state index is 13.4. The Balaban J connectivity index is 1.86. The Morgan fingerprint density at radius 1 is 1.16 bits per heavy atom. The summed E-state index contributed by atoms with van der Waals surface area (Å²) in [5.41, 5.74) is -0.636. The van der Waals surface area contributed by atoms with E-state index in [0.717, 1.165) is 6.07 Å². The molecule has 2 aromatic heterocycles. The Kier molecular flexibility index (Phi) is 5.57. The number of halogens is 4. The third-order valence-electron chi connectivity index (χ3n) is 4.40. The van der Waals surface area contributed by atoms with Crippen LogP contribution in [0.15, 0.2) is 24.3 Å². The number of benzene rings is 1. The number of nitrogens with zero attached hydrogens (tertiary/aromatic N) is 4. The SMILES string of the molecule is Cc1nn(C)c2nc(N(C)C)c(C(=O)NC(=O)Nc3ccc(F)c(C(F)(F)F)c3)cc12. The van der Waals surface area contributed by atoms with Gasteiger partial charge in [0.1, 0.15) is 11.6 Å². The van der Waals surface area contributed by atoms with E-state index in [1.54, 1.807) is 37.6 Å². The van der Waals surface area contributed by atoms with Crippen LogP contribution in [0.1, 0.15) is 21.6 Å². The first-order chi connectivity index (χ1) is 14.4. The molecule has 12 heteroatoms. The van der Waals surface area contributed by atoms with Crippen LogP contribution in [-0.4, -0.2) is 40.8 Å². The molecule has 0 fully saturated rings. The number of imide groups is 1. The van der Waals surface area contributed by atoms with Gasteiger partial charge in [-0.15, -0.1) is 0 Å². The van der Waals surface area contributed by atoms with E-state index in [-0.39, 0.29) is 17.1 Å². The molecule has 1 aromatic carbocycles. The third kappa shape index (κ3) is 4.42. The van der Waals surface area contributed by atoms with E-state index in [1.165, 1.54) is 6.07 Å². The molecule has 3 rings (SSSR count). The molecule has 0 saturated carbocycles. The van der Waals surface area contributed by atoms with Crippen LogP contribution < -0.4 is 15.5 Å². The molecule has 0 aliphatic carbocycles. The summed E-state index contributed by atoms with van der Waals surface area (Å²) < 4.78 is 53.5. The van der Waals surface area contributed by atoms with Gasteiger partial charge in [0.2, 0.25) is 0 Å². The van der Waals surface area contributed by atoms with E-state index >= 15 is 0 Å². The number of aryl methyl sites for hydroxylation is 2. The van der Waals surface area contributed by atoms with E-state index in [2.05, 4.69) is 15.4 Å². The fourth-order valence-electron chi connectivity index (χ4n) is 2.99. The van der Waals surface area contributed by atoms with Gasteiger partial charge in [-0.2, -0.15) is 18.3 Å². The molecule has 0 bridgehead atoms. The van der Waals surface area contributed by atoms with Crippen molar-refractivity contribution in [1.29, 1.82) is 0 Å². The van der Waals surface area contributed by atoms with Crippen molar-refractivity contribution in [1.82, 2.24) is 20.1 Å². The lowest BCUT2D eigenvalue weighted by atomic mass is 10.1. The number of urea groups is 1. The lowest BCUT2D eigenvalue weighted by molar-refractivity contribution is -0.139. The normalized spacial score (nSPS) is 11.5. The van der Waals surface area contributed by atoms with Crippen molar-refractivity contribution in [2.45, 2.75) is 13.1 Å². The number of hydrogen-bond donors (Lipinski definition) is 2. The summed E-state index contributed by atoms with van der Waals surface area (Å²) in [7, 11) is 5.02. The number of aromatic nitrogens is 3. The van der Waals surface area contributed by atoms with Gasteiger partial charge in [-0.1, -0.05) is 0 Å². The molecule has 0 spiro atoms. The summed E-state index contributed by atoms with van der Waals surface area (Å²) in [6.07, 6.45) is -4.93. The Labute approximate surface area is 173 Å². The van der Waals surface area contributed by atoms with Gasteiger partial charge < -0.3 is 10.2 Å². The molecule has 8 nitrogen and oxygen atoms in total. The lowest BCUT2D eigenvalue weighted by Crippen LogP contribution is -2.35. The van der Waals surface area contributed by atoms with E-state index < -0.39 is 29.5 Å². The zero-order chi connectivity index (χ0) is 23.1. The number of amides is 3. The minimum Gasteiger partial charge on any atom is -0.362 e. The van der Waals surface area contributed by atoms with Gasteiger partial charge in [-0.3, -0.25) is 14.8 Å². The minimum absolute atomic E-state index is 0.0684. The quantitative estimate of drug-likeness (QED) is 0.611. The highest BCUT2D eigenvalue weighted by molar-refractivity contribution is 6.11. The molecular formula is C19H18F4N6O2. The summed E-state index contributed by atoms with van der Waals surface area (Å²) in [6, 6.07) is 2.41. The Morgan fingerprint density at radius 3 is 2.45 bits per heavy atom. The van der Waals surface area contributed by atoms with Crippen molar-refractivity contribution in [3.63, 3.8) is 0 Å². The van der Waals surface area contributed by atoms with Crippen molar-refractivity contribution in [3.05, 3.63) is 46.9 Å². The molecule has 0 aliphatic heterocycles. The molecule has 0 atom stereocenters. The fourth-order valence-corrected chi connectivity index (χ4v) is 2.99. The summed E-state index contributed by atoms with van der Waals surface area (Å²) in [5, 5.41) is 8.99. The smallest absolute Gasteiger partial charge is 0.362 e. The molecule has 3 amide bonds. The van der Waals surface area contributed by atoms with Gasteiger partial charge in [-0.05, 0) is 31.2 Å². The summed E-state index contributed by atoms with van der Waals surface area (Å²) in [6.45, 7) is 1.74. The highest BCUT2D eigenvalue weighted by atomic mass is 19.4. The number of carbonyl (C=O) groups excluding carboxylic acids is 2. The second-order valence-electron chi connectivity index (χ2n) is 6.93. The second kappa shape index (κ2) is 7.85. The van der Waals surface area contributed by atoms with Gasteiger partial charge >= 0.3 is 12.2 Å². The van der Waals surface area contributed by atoms with Crippen LogP contribution in [0.25, 0.3) is 11.0 Å². The molecule has 0 saturated heterocycles. The molecule has 31 heavy (non-hydrogen) atoms. The van der Waals surface area contributed by atoms with Crippen molar-refractivity contribution in [2.24, 2.45) is 7.05 Å². The predicted molar refractivity (Wildman–Crippen MR) is 105 cm³/mol. The number of alkyl halides is 3. The van der Waals surface area contributed by atoms with Gasteiger partial charge in [0, 0.05) is 32.2 Å². The Bertz CT molecular complexity index is 1190. The van der Waals surface area contributed by atoms with Crippen LogP contribution in [0.2, 0.25) is 0 Å². The molecular weight excluding hydrogens is 420 g/mol. The predicted octanol–water partition coefficient (Wildman–Crippen LogP) is 3.46. The van der Waals surface area contributed by atoms with E-state index in [4.69, 9.17) is 0 Å². The van der Waals surface area contributed by atoms with Crippen molar-refractivity contribution >= 4 is 34.5 Å². The number of nitrogens with one attached hydrogen (secondary N) is 2. The number of hydrogen-bond acceptors (Lipinski definition) is 5. The molecule has 2 heterocycles. The maximum Gasteiger partial charge on any atom is 0.419 e. The Morgan fingerprint density at radius 2 is 1.84 bits per heavy atom. The summed E-state index contributed by atoms with van der Waals surface area (Å²) in [5.74, 6) is -2.03. The summed E-state index contributed by atoms with van der Waals surface area (Å²) >= 11 is 0. The van der Waals surface area contributed by atoms with Crippen LogP contribution >= 0.6 is 0 Å². The van der Waals surface area contributed by atoms with Gasteiger partial charge in [-0.25, -0.2) is 14.2 Å². The van der Waals surface area contributed by atoms with Crippen LogP contribution in [0.4, 0.5) is 33.9 Å². The van der Waals surface area contributed by atoms with Crippen LogP contribution in [0.5, 0.6) is 0 Å². The average Bonchev–Trinajstić information content (AvgIpc) is 2.94. The highest BCUT2D eigenvalue weighted by Gasteiger charge is 2.34. The largest absolute Gasteiger partial charge is 0.419 e. The standard InChI is InChI=1S/C19H18F4N6O2/c1-9-11-8-12(15(28(2)3)25-16(11)29(4)27-9)17(30)26-18(31)24-10-5-6-14(20)13(7-10)19(21,22)23/h5-8H,1-4H3,(H2,24,26,30,31). The number of anilines is 2. The minimum atomic E-state index is -4.93. The zero-order valence-electron chi connectivity index (χ0n) is 16.9. The van der Waals surface area contributed by atoms with Crippen LogP contribution in [-0.2, 0) is 13.2 Å². The maximum atomic E-state index is 13.4. The monoisotopic (exact) mass is 438 g/mol. The molecule has 0 radical (unpaired) electrons. The molecule has 164 valence electrons. The average molecular weight is 438 g/mol. The number of fused-ring (bicyclic) bond motifs is 1. The van der Waals surface area contributed by atoms with Crippen molar-refractivity contribution in [2.75, 3.05) is 24.3 Å². The van der Waals surface area contributed by atoms with Crippen LogP contribution in [0, 0.1) is 12.7 Å². The van der Waals surface area contributed by atoms with Crippen LogP contribution in [0.3, 0.4) is 0 Å². The summed E-state index contributed by atoms with van der Waals surface area (Å²) in [4.78, 5) is 30.9. The van der Waals surface area contributed by atoms with Crippen molar-refractivity contribution < 1.29 is 27.2 Å². The zero-order valence-corrected chi connectivity index (χ0v) is 16.9. The topological polar surface area (TPSA) is 92.2 Å². The first-order valence-electron chi connectivity index (χ1n) is 8.89. The van der Waals surface area contributed by atoms with Gasteiger partial charge in [0.05, 0.1) is 16.8 Å². The Hall–Kier alpha value is -3.70. The lowest BCUT2D eigenvalue weighted by Gasteiger charge is -2.16. The fraction of sp³-hybridized carbons (Fsp3) is 0.263. The third-order valence-corrected chi connectivity index (χ3v) is 4.40. The van der Waals surface area contributed by atoms with E-state index in [1.807, 2.05) is 5.32 Å². The highest BCUT2D eigenvalue weighted by Crippen LogP contribution is 2.33. The van der Waals surface area contributed by atoms with Crippen molar-refractivity contribution in [3.8, 4) is 0 Å². The van der Waals surface area contributed by atoms with Gasteiger partial charge in [0.25, 0.3) is 5.91 Å². The molecule has 2 N–H and O–H groups in total. The molecule has 3 aromatic rings.